The highest BCUT2D eigenvalue weighted by Crippen LogP contribution is 2.64. The maximum Gasteiger partial charge on any atom is 0.0732 e. The van der Waals surface area contributed by atoms with Crippen molar-refractivity contribution in [2.75, 3.05) is 4.90 Å². The third-order valence-corrected chi connectivity index (χ3v) is 14.4. The van der Waals surface area contributed by atoms with E-state index in [-0.39, 0.29) is 0 Å². The van der Waals surface area contributed by atoms with Crippen molar-refractivity contribution in [3.8, 4) is 44.5 Å². The molecule has 61 heavy (non-hydrogen) atoms. The Kier molecular flexibility index (Phi) is 7.46. The van der Waals surface area contributed by atoms with E-state index in [1.807, 2.05) is 11.3 Å². The van der Waals surface area contributed by atoms with Gasteiger partial charge in [0.25, 0.3) is 0 Å². The van der Waals surface area contributed by atoms with Crippen LogP contribution in [0, 0.1) is 0 Å². The van der Waals surface area contributed by atoms with E-state index in [0.29, 0.717) is 0 Å². The lowest BCUT2D eigenvalue weighted by atomic mass is 9.60. The molecule has 0 bridgehead atoms. The van der Waals surface area contributed by atoms with Crippen molar-refractivity contribution < 1.29 is 0 Å². The van der Waals surface area contributed by atoms with Crippen LogP contribution in [-0.4, -0.2) is 0 Å². The van der Waals surface area contributed by atoms with Gasteiger partial charge in [0.1, 0.15) is 0 Å². The molecule has 1 spiro atoms. The predicted molar refractivity (Wildman–Crippen MR) is 259 cm³/mol. The number of anilines is 3. The van der Waals surface area contributed by atoms with Gasteiger partial charge in [0.2, 0.25) is 0 Å². The zero-order valence-electron chi connectivity index (χ0n) is 33.2. The van der Waals surface area contributed by atoms with Crippen molar-refractivity contribution in [3.63, 3.8) is 0 Å². The second-order valence-corrected chi connectivity index (χ2v) is 17.4. The highest BCUT2D eigenvalue weighted by atomic mass is 32.1. The summed E-state index contributed by atoms with van der Waals surface area (Å²) in [6, 6.07) is 83.8. The summed E-state index contributed by atoms with van der Waals surface area (Å²) >= 11 is 1.86. The summed E-state index contributed by atoms with van der Waals surface area (Å²) in [6.07, 6.45) is 0. The van der Waals surface area contributed by atoms with Crippen molar-refractivity contribution in [2.45, 2.75) is 5.41 Å². The molecular formula is C59H37NS. The largest absolute Gasteiger partial charge is 0.310 e. The van der Waals surface area contributed by atoms with E-state index < -0.39 is 5.41 Å². The van der Waals surface area contributed by atoms with E-state index in [0.717, 1.165) is 17.1 Å². The molecule has 0 N–H and O–H groups in total. The van der Waals surface area contributed by atoms with Gasteiger partial charge < -0.3 is 4.90 Å². The van der Waals surface area contributed by atoms with Crippen molar-refractivity contribution in [1.29, 1.82) is 0 Å². The van der Waals surface area contributed by atoms with Gasteiger partial charge in [0.05, 0.1) is 5.41 Å². The number of hydrogen-bond acceptors (Lipinski definition) is 2. The quantitative estimate of drug-likeness (QED) is 0.168. The molecule has 2 aliphatic carbocycles. The number of benzene rings is 10. The summed E-state index contributed by atoms with van der Waals surface area (Å²) in [7, 11) is 0. The first kappa shape index (κ1) is 34.4. The summed E-state index contributed by atoms with van der Waals surface area (Å²) in [5.74, 6) is 0. The van der Waals surface area contributed by atoms with Gasteiger partial charge in [-0.3, -0.25) is 0 Å². The maximum atomic E-state index is 2.52. The maximum absolute atomic E-state index is 2.52. The van der Waals surface area contributed by atoms with Crippen LogP contribution < -0.4 is 4.90 Å². The van der Waals surface area contributed by atoms with Crippen LogP contribution in [0.2, 0.25) is 0 Å². The highest BCUT2D eigenvalue weighted by Gasteiger charge is 2.51. The minimum Gasteiger partial charge on any atom is -0.310 e. The molecule has 284 valence electrons. The Balaban J connectivity index is 1.12. The molecule has 13 rings (SSSR count). The van der Waals surface area contributed by atoms with Gasteiger partial charge in [-0.2, -0.15) is 0 Å². The van der Waals surface area contributed by atoms with Crippen LogP contribution in [0.25, 0.3) is 75.5 Å². The van der Waals surface area contributed by atoms with E-state index >= 15 is 0 Å². The lowest BCUT2D eigenvalue weighted by molar-refractivity contribution is 0.775. The number of fused-ring (bicyclic) bond motifs is 12. The fourth-order valence-corrected chi connectivity index (χ4v) is 11.8. The molecule has 0 fully saturated rings. The van der Waals surface area contributed by atoms with Crippen LogP contribution in [-0.2, 0) is 5.41 Å². The molecule has 0 radical (unpaired) electrons. The van der Waals surface area contributed by atoms with Crippen molar-refractivity contribution in [3.05, 3.63) is 247 Å². The smallest absolute Gasteiger partial charge is 0.0732 e. The lowest BCUT2D eigenvalue weighted by Gasteiger charge is -2.41. The fourth-order valence-electron chi connectivity index (χ4n) is 10.7. The van der Waals surface area contributed by atoms with E-state index in [1.54, 1.807) is 0 Å². The third kappa shape index (κ3) is 4.94. The molecule has 2 heteroatoms. The minimum atomic E-state index is -0.589. The average Bonchev–Trinajstić information content (AvgIpc) is 3.84. The summed E-state index contributed by atoms with van der Waals surface area (Å²) in [4.78, 5) is 2.47. The molecule has 2 aliphatic rings. The van der Waals surface area contributed by atoms with Crippen LogP contribution >= 0.6 is 11.3 Å². The zero-order chi connectivity index (χ0) is 40.1. The minimum absolute atomic E-state index is 0.589. The Morgan fingerprint density at radius 1 is 0.328 bits per heavy atom. The van der Waals surface area contributed by atoms with Gasteiger partial charge in [0.15, 0.2) is 0 Å². The first-order valence-electron chi connectivity index (χ1n) is 21.1. The Bertz CT molecular complexity index is 3530. The Morgan fingerprint density at radius 3 is 1.67 bits per heavy atom. The second-order valence-electron chi connectivity index (χ2n) is 16.4. The molecule has 1 unspecified atom stereocenters. The molecule has 11 aromatic rings. The molecule has 1 atom stereocenters. The van der Waals surface area contributed by atoms with E-state index in [2.05, 4.69) is 229 Å². The van der Waals surface area contributed by atoms with E-state index in [9.17, 15) is 0 Å². The van der Waals surface area contributed by atoms with E-state index in [4.69, 9.17) is 0 Å². The third-order valence-electron chi connectivity index (χ3n) is 13.3. The molecule has 1 heterocycles. The molecule has 0 saturated carbocycles. The van der Waals surface area contributed by atoms with Crippen LogP contribution in [0.15, 0.2) is 224 Å². The Morgan fingerprint density at radius 2 is 0.885 bits per heavy atom. The zero-order valence-corrected chi connectivity index (χ0v) is 34.0. The molecule has 0 aliphatic heterocycles. The summed E-state index contributed by atoms with van der Waals surface area (Å²) in [5.41, 5.74) is 18.2. The van der Waals surface area contributed by atoms with Crippen molar-refractivity contribution in [2.24, 2.45) is 0 Å². The van der Waals surface area contributed by atoms with Crippen molar-refractivity contribution >= 4 is 59.3 Å². The molecule has 0 saturated heterocycles. The average molecular weight is 792 g/mol. The summed E-state index contributed by atoms with van der Waals surface area (Å²) < 4.78 is 2.61. The van der Waals surface area contributed by atoms with Crippen LogP contribution in [0.1, 0.15) is 22.3 Å². The normalized spacial score (nSPS) is 14.6. The number of rotatable bonds is 5. The summed E-state index contributed by atoms with van der Waals surface area (Å²) in [5, 5.41) is 5.18. The van der Waals surface area contributed by atoms with Crippen LogP contribution in [0.5, 0.6) is 0 Å². The van der Waals surface area contributed by atoms with Gasteiger partial charge in [-0.25, -0.2) is 0 Å². The molecule has 10 aromatic carbocycles. The number of thiophene rings is 1. The highest BCUT2D eigenvalue weighted by molar-refractivity contribution is 7.25. The Labute approximate surface area is 359 Å². The van der Waals surface area contributed by atoms with E-state index in [1.165, 1.54) is 97.7 Å². The fraction of sp³-hybridized carbons (Fsp3) is 0.0169. The topological polar surface area (TPSA) is 3.24 Å². The SMILES string of the molecule is c1ccc(-c2ccc(N(c3ccc4c(c3)C3(c5ccccc5-4)c4ccccc4-c4cccc5ccc(-c6ccccc6)c3c45)c3ccc4sc5ccccc5c4c3)cc2)cc1. The van der Waals surface area contributed by atoms with Crippen LogP contribution in [0.4, 0.5) is 17.1 Å². The number of hydrogen-bond donors (Lipinski definition) is 0. The molecule has 0 amide bonds. The number of nitrogens with zero attached hydrogens (tertiary/aromatic N) is 1. The van der Waals surface area contributed by atoms with Gasteiger partial charge in [-0.05, 0) is 126 Å². The molecule has 1 nitrogen and oxygen atoms in total. The first-order chi connectivity index (χ1) is 30.3. The first-order valence-corrected chi connectivity index (χ1v) is 21.9. The lowest BCUT2D eigenvalue weighted by Crippen LogP contribution is -2.32. The predicted octanol–water partition coefficient (Wildman–Crippen LogP) is 16.4. The van der Waals surface area contributed by atoms with Gasteiger partial charge >= 0.3 is 0 Å². The van der Waals surface area contributed by atoms with Gasteiger partial charge in [0, 0.05) is 37.2 Å². The monoisotopic (exact) mass is 791 g/mol. The van der Waals surface area contributed by atoms with Crippen molar-refractivity contribution in [1.82, 2.24) is 0 Å². The van der Waals surface area contributed by atoms with Gasteiger partial charge in [-0.15, -0.1) is 11.3 Å². The molecule has 1 aromatic heterocycles. The summed E-state index contributed by atoms with van der Waals surface area (Å²) in [6.45, 7) is 0. The Hall–Kier alpha value is -7.52. The van der Waals surface area contributed by atoms with Gasteiger partial charge in [-0.1, -0.05) is 176 Å². The second kappa shape index (κ2) is 13.2. The molecular weight excluding hydrogens is 755 g/mol. The standard InChI is InChI=1S/C59H37NS/c1-3-14-38(15-4-1)39-26-29-42(30-27-39)60(43-32-35-56-51(36-43)49-21-9-12-25-55(49)61-56)44-31-34-48-46-19-7-10-23-52(46)59(54(48)37-44)53-24-11-8-20-47(53)50-22-13-18-41-28-33-45(58(59)57(41)50)40-16-5-2-6-17-40/h1-37H. The van der Waals surface area contributed by atoms with Crippen LogP contribution in [0.3, 0.4) is 0 Å².